The summed E-state index contributed by atoms with van der Waals surface area (Å²) < 4.78 is 21.2. The quantitative estimate of drug-likeness (QED) is 0.362. The van der Waals surface area contributed by atoms with Crippen LogP contribution in [0, 0.1) is 20.8 Å². The summed E-state index contributed by atoms with van der Waals surface area (Å²) in [5, 5.41) is 0. The molecule has 6 nitrogen and oxygen atoms in total. The Bertz CT molecular complexity index is 949. The molecule has 2 aromatic rings. The topological polar surface area (TPSA) is 71.1 Å². The van der Waals surface area contributed by atoms with Gasteiger partial charge in [0, 0.05) is 11.6 Å². The zero-order chi connectivity index (χ0) is 22.4. The third-order valence-electron chi connectivity index (χ3n) is 4.87. The summed E-state index contributed by atoms with van der Waals surface area (Å²) in [5.41, 5.74) is 4.21. The number of methoxy groups -OCH3 is 3. The molecule has 2 aromatic carbocycles. The predicted octanol–water partition coefficient (Wildman–Crippen LogP) is 4.47. The third-order valence-corrected chi connectivity index (χ3v) is 4.87. The van der Waals surface area contributed by atoms with Gasteiger partial charge in [0.25, 0.3) is 0 Å². The van der Waals surface area contributed by atoms with Crippen LogP contribution >= 0.6 is 0 Å². The Morgan fingerprint density at radius 1 is 0.833 bits per heavy atom. The molecule has 0 amide bonds. The summed E-state index contributed by atoms with van der Waals surface area (Å²) in [6.07, 6.45) is 1.92. The molecule has 0 fully saturated rings. The molecule has 0 bridgehead atoms. The van der Waals surface area contributed by atoms with Gasteiger partial charge in [-0.2, -0.15) is 0 Å². The SMILES string of the molecule is COc1cc(/C=C/C(=O)O[C@H](C)C(=O)c2cc(C)c(C)cc2C)cc(OC)c1OC. The highest BCUT2D eigenvalue weighted by atomic mass is 16.5. The zero-order valence-electron chi connectivity index (χ0n) is 18.5. The molecule has 1 atom stereocenters. The highest BCUT2D eigenvalue weighted by Crippen LogP contribution is 2.38. The molecule has 0 aliphatic rings. The van der Waals surface area contributed by atoms with Gasteiger partial charge in [-0.15, -0.1) is 0 Å². The Labute approximate surface area is 177 Å². The maximum atomic E-state index is 12.7. The van der Waals surface area contributed by atoms with Crippen molar-refractivity contribution in [1.29, 1.82) is 0 Å². The molecule has 0 N–H and O–H groups in total. The molecule has 0 aliphatic carbocycles. The molecular formula is C24H28O6. The maximum absolute atomic E-state index is 12.7. The van der Waals surface area contributed by atoms with E-state index in [4.69, 9.17) is 18.9 Å². The van der Waals surface area contributed by atoms with Gasteiger partial charge < -0.3 is 18.9 Å². The lowest BCUT2D eigenvalue weighted by Gasteiger charge is -2.14. The third kappa shape index (κ3) is 5.20. The Kier molecular flexibility index (Phi) is 7.64. The van der Waals surface area contributed by atoms with E-state index >= 15 is 0 Å². The number of ketones is 1. The summed E-state index contributed by atoms with van der Waals surface area (Å²) >= 11 is 0. The molecule has 2 rings (SSSR count). The minimum Gasteiger partial charge on any atom is -0.493 e. The van der Waals surface area contributed by atoms with Gasteiger partial charge in [0.1, 0.15) is 0 Å². The van der Waals surface area contributed by atoms with Gasteiger partial charge >= 0.3 is 5.97 Å². The second kappa shape index (κ2) is 9.96. The Hall–Kier alpha value is -3.28. The lowest BCUT2D eigenvalue weighted by Crippen LogP contribution is -2.24. The van der Waals surface area contributed by atoms with E-state index in [0.29, 0.717) is 28.4 Å². The van der Waals surface area contributed by atoms with Gasteiger partial charge in [0.05, 0.1) is 21.3 Å². The molecule has 30 heavy (non-hydrogen) atoms. The summed E-state index contributed by atoms with van der Waals surface area (Å²) in [6, 6.07) is 7.21. The number of benzene rings is 2. The second-order valence-corrected chi connectivity index (χ2v) is 6.99. The first kappa shape index (κ1) is 23.0. The van der Waals surface area contributed by atoms with Crippen LogP contribution in [-0.4, -0.2) is 39.2 Å². The van der Waals surface area contributed by atoms with Crippen molar-refractivity contribution in [1.82, 2.24) is 0 Å². The lowest BCUT2D eigenvalue weighted by atomic mass is 9.96. The van der Waals surface area contributed by atoms with E-state index in [2.05, 4.69) is 0 Å². The van der Waals surface area contributed by atoms with Gasteiger partial charge in [-0.3, -0.25) is 4.79 Å². The van der Waals surface area contributed by atoms with Crippen molar-refractivity contribution in [2.75, 3.05) is 21.3 Å². The monoisotopic (exact) mass is 412 g/mol. The van der Waals surface area contributed by atoms with Crippen molar-refractivity contribution in [3.8, 4) is 17.2 Å². The van der Waals surface area contributed by atoms with Gasteiger partial charge in [-0.1, -0.05) is 6.07 Å². The molecular weight excluding hydrogens is 384 g/mol. The van der Waals surface area contributed by atoms with Crippen molar-refractivity contribution >= 4 is 17.8 Å². The molecule has 6 heteroatoms. The number of aryl methyl sites for hydroxylation is 3. The van der Waals surface area contributed by atoms with Gasteiger partial charge in [0.15, 0.2) is 17.6 Å². The van der Waals surface area contributed by atoms with Gasteiger partial charge in [-0.05, 0) is 74.2 Å². The smallest absolute Gasteiger partial charge is 0.331 e. The average Bonchev–Trinajstić information content (AvgIpc) is 2.73. The van der Waals surface area contributed by atoms with Gasteiger partial charge in [0.2, 0.25) is 11.5 Å². The fourth-order valence-electron chi connectivity index (χ4n) is 3.07. The van der Waals surface area contributed by atoms with Crippen LogP contribution < -0.4 is 14.2 Å². The van der Waals surface area contributed by atoms with Crippen LogP contribution in [0.4, 0.5) is 0 Å². The highest BCUT2D eigenvalue weighted by Gasteiger charge is 2.21. The normalized spacial score (nSPS) is 11.8. The predicted molar refractivity (Wildman–Crippen MR) is 116 cm³/mol. The summed E-state index contributed by atoms with van der Waals surface area (Å²) in [7, 11) is 4.55. The summed E-state index contributed by atoms with van der Waals surface area (Å²) in [4.78, 5) is 25.0. The number of carbonyl (C=O) groups excluding carboxylic acids is 2. The second-order valence-electron chi connectivity index (χ2n) is 6.99. The van der Waals surface area contributed by atoms with Crippen molar-refractivity contribution < 1.29 is 28.5 Å². The van der Waals surface area contributed by atoms with E-state index in [9.17, 15) is 9.59 Å². The molecule has 160 valence electrons. The van der Waals surface area contributed by atoms with Gasteiger partial charge in [-0.25, -0.2) is 4.79 Å². The Morgan fingerprint density at radius 3 is 1.93 bits per heavy atom. The number of ether oxygens (including phenoxy) is 4. The molecule has 0 spiro atoms. The minimum atomic E-state index is -0.900. The van der Waals surface area contributed by atoms with Crippen LogP contribution in [0.5, 0.6) is 17.2 Å². The minimum absolute atomic E-state index is 0.231. The van der Waals surface area contributed by atoms with E-state index < -0.39 is 12.1 Å². The molecule has 0 aromatic heterocycles. The first-order valence-corrected chi connectivity index (χ1v) is 9.52. The molecule has 0 aliphatic heterocycles. The largest absolute Gasteiger partial charge is 0.493 e. The van der Waals surface area contributed by atoms with Crippen LogP contribution in [0.2, 0.25) is 0 Å². The number of rotatable bonds is 8. The molecule has 0 heterocycles. The van der Waals surface area contributed by atoms with Crippen LogP contribution in [-0.2, 0) is 9.53 Å². The molecule has 0 unspecified atom stereocenters. The van der Waals surface area contributed by atoms with Crippen molar-refractivity contribution in [2.45, 2.75) is 33.8 Å². The number of hydrogen-bond acceptors (Lipinski definition) is 6. The van der Waals surface area contributed by atoms with E-state index in [-0.39, 0.29) is 5.78 Å². The van der Waals surface area contributed by atoms with Crippen LogP contribution in [0.25, 0.3) is 6.08 Å². The van der Waals surface area contributed by atoms with Crippen LogP contribution in [0.15, 0.2) is 30.3 Å². The molecule has 0 radical (unpaired) electrons. The Morgan fingerprint density at radius 2 is 1.40 bits per heavy atom. The van der Waals surface area contributed by atoms with Crippen molar-refractivity contribution in [2.24, 2.45) is 0 Å². The first-order chi connectivity index (χ1) is 14.2. The van der Waals surface area contributed by atoms with Crippen LogP contribution in [0.1, 0.15) is 39.5 Å². The molecule has 0 saturated heterocycles. The van der Waals surface area contributed by atoms with Crippen LogP contribution in [0.3, 0.4) is 0 Å². The number of hydrogen-bond donors (Lipinski definition) is 0. The summed E-state index contributed by atoms with van der Waals surface area (Å²) in [6.45, 7) is 7.39. The fourth-order valence-corrected chi connectivity index (χ4v) is 3.07. The maximum Gasteiger partial charge on any atom is 0.331 e. The molecule has 0 saturated carbocycles. The number of carbonyl (C=O) groups is 2. The zero-order valence-corrected chi connectivity index (χ0v) is 18.5. The lowest BCUT2D eigenvalue weighted by molar-refractivity contribution is -0.140. The fraction of sp³-hybridized carbons (Fsp3) is 0.333. The van der Waals surface area contributed by atoms with E-state index in [1.807, 2.05) is 32.9 Å². The average molecular weight is 412 g/mol. The van der Waals surface area contributed by atoms with E-state index in [0.717, 1.165) is 16.7 Å². The van der Waals surface area contributed by atoms with E-state index in [1.54, 1.807) is 25.1 Å². The summed E-state index contributed by atoms with van der Waals surface area (Å²) in [5.74, 6) is 0.552. The number of Topliss-reactive ketones (excluding diaryl/α,β-unsaturated/α-hetero) is 1. The first-order valence-electron chi connectivity index (χ1n) is 9.52. The Balaban J connectivity index is 2.14. The number of esters is 1. The standard InChI is InChI=1S/C24H28O6/c1-14-10-16(3)19(11-15(14)2)23(26)17(4)30-22(25)9-8-18-12-20(27-5)24(29-7)21(13-18)28-6/h8-13,17H,1-7H3/b9-8+/t17-/m1/s1. The van der Waals surface area contributed by atoms with Crippen molar-refractivity contribution in [3.05, 3.63) is 58.2 Å². The highest BCUT2D eigenvalue weighted by molar-refractivity contribution is 6.02. The van der Waals surface area contributed by atoms with Crippen molar-refractivity contribution in [3.63, 3.8) is 0 Å². The van der Waals surface area contributed by atoms with E-state index in [1.165, 1.54) is 27.4 Å².